The van der Waals surface area contributed by atoms with Gasteiger partial charge in [-0.2, -0.15) is 0 Å². The summed E-state index contributed by atoms with van der Waals surface area (Å²) < 4.78 is 0. The zero-order valence-corrected chi connectivity index (χ0v) is 22.5. The Hall–Kier alpha value is -2.90. The molecular formula is C31H34N4O2S. The second-order valence-corrected chi connectivity index (χ2v) is 12.3. The molecule has 7 heteroatoms. The number of nitrogens with zero attached hydrogens (tertiary/aromatic N) is 4. The molecule has 1 saturated carbocycles. The molecule has 0 radical (unpaired) electrons. The van der Waals surface area contributed by atoms with Gasteiger partial charge in [-0.05, 0) is 55.8 Å². The molecule has 6 nitrogen and oxygen atoms in total. The minimum Gasteiger partial charge on any atom is -0.354 e. The highest BCUT2D eigenvalue weighted by Gasteiger charge is 2.58. The van der Waals surface area contributed by atoms with Crippen LogP contribution < -0.4 is 0 Å². The molecule has 4 atom stereocenters. The molecule has 0 spiro atoms. The van der Waals surface area contributed by atoms with Crippen molar-refractivity contribution in [3.8, 4) is 0 Å². The molecule has 38 heavy (non-hydrogen) atoms. The molecule has 5 aliphatic rings. The number of allylic oxidation sites excluding steroid dienone is 2. The number of aliphatic imine (C=N–C) groups is 1. The number of imide groups is 1. The first-order chi connectivity index (χ1) is 18.7. The Balaban J connectivity index is 0.901. The van der Waals surface area contributed by atoms with Crippen molar-refractivity contribution < 1.29 is 9.59 Å². The van der Waals surface area contributed by atoms with Crippen LogP contribution in [-0.2, 0) is 9.59 Å². The van der Waals surface area contributed by atoms with E-state index in [0.29, 0.717) is 18.4 Å². The normalized spacial score (nSPS) is 27.8. The van der Waals surface area contributed by atoms with Gasteiger partial charge in [-0.3, -0.25) is 19.4 Å². The Morgan fingerprint density at radius 1 is 0.763 bits per heavy atom. The minimum atomic E-state index is -0.0640. The maximum atomic E-state index is 12.9. The molecule has 2 amide bonds. The van der Waals surface area contributed by atoms with E-state index in [1.54, 1.807) is 16.7 Å². The van der Waals surface area contributed by atoms with Crippen molar-refractivity contribution in [3.63, 3.8) is 0 Å². The second kappa shape index (κ2) is 10.0. The summed E-state index contributed by atoms with van der Waals surface area (Å²) in [6, 6.07) is 17.0. The van der Waals surface area contributed by atoms with E-state index < -0.39 is 0 Å². The lowest BCUT2D eigenvalue weighted by Gasteiger charge is -2.36. The number of likely N-dealkylation sites (tertiary alicyclic amines) is 1. The van der Waals surface area contributed by atoms with Crippen molar-refractivity contribution in [2.45, 2.75) is 35.5 Å². The van der Waals surface area contributed by atoms with Crippen molar-refractivity contribution in [1.29, 1.82) is 0 Å². The first kappa shape index (κ1) is 24.2. The highest BCUT2D eigenvalue weighted by atomic mass is 32.2. The summed E-state index contributed by atoms with van der Waals surface area (Å²) in [6.45, 7) is 5.65. The number of para-hydroxylation sites is 1. The average molecular weight is 527 g/mol. The van der Waals surface area contributed by atoms with Crippen LogP contribution in [0.4, 0.5) is 5.69 Å². The number of fused-ring (bicyclic) bond motifs is 7. The first-order valence-electron chi connectivity index (χ1n) is 14.1. The van der Waals surface area contributed by atoms with Gasteiger partial charge in [-0.1, -0.05) is 60.7 Å². The summed E-state index contributed by atoms with van der Waals surface area (Å²) in [5, 5.41) is 0. The van der Waals surface area contributed by atoms with Crippen LogP contribution in [0.2, 0.25) is 0 Å². The van der Waals surface area contributed by atoms with Crippen LogP contribution in [0.25, 0.3) is 0 Å². The third-order valence-corrected chi connectivity index (χ3v) is 10.2. The van der Waals surface area contributed by atoms with E-state index >= 15 is 0 Å². The van der Waals surface area contributed by atoms with Crippen molar-refractivity contribution in [2.24, 2.45) is 28.7 Å². The zero-order chi connectivity index (χ0) is 25.6. The van der Waals surface area contributed by atoms with E-state index in [-0.39, 0.29) is 23.7 Å². The van der Waals surface area contributed by atoms with E-state index in [9.17, 15) is 9.59 Å². The van der Waals surface area contributed by atoms with Crippen molar-refractivity contribution in [1.82, 2.24) is 14.7 Å². The molecule has 3 aliphatic heterocycles. The van der Waals surface area contributed by atoms with Crippen LogP contribution in [0, 0.1) is 23.7 Å². The van der Waals surface area contributed by atoms with Gasteiger partial charge in [-0.15, -0.1) is 0 Å². The number of amidine groups is 1. The molecule has 3 fully saturated rings. The van der Waals surface area contributed by atoms with Crippen LogP contribution in [0.1, 0.15) is 31.2 Å². The Labute approximate surface area is 228 Å². The summed E-state index contributed by atoms with van der Waals surface area (Å²) in [5.74, 6) is 1.75. The lowest BCUT2D eigenvalue weighted by molar-refractivity contribution is -0.140. The number of carbonyl (C=O) groups is 2. The van der Waals surface area contributed by atoms with Gasteiger partial charge in [0.05, 0.1) is 17.5 Å². The Morgan fingerprint density at radius 2 is 1.42 bits per heavy atom. The lowest BCUT2D eigenvalue weighted by Crippen LogP contribution is -2.49. The average Bonchev–Trinajstić information content (AvgIpc) is 3.59. The lowest BCUT2D eigenvalue weighted by atomic mass is 9.85. The smallest absolute Gasteiger partial charge is 0.233 e. The maximum absolute atomic E-state index is 12.9. The van der Waals surface area contributed by atoms with Crippen molar-refractivity contribution in [2.75, 3.05) is 39.3 Å². The molecule has 2 bridgehead atoms. The molecule has 2 aromatic carbocycles. The topological polar surface area (TPSA) is 56.2 Å². The van der Waals surface area contributed by atoms with Crippen LogP contribution in [0.3, 0.4) is 0 Å². The van der Waals surface area contributed by atoms with Gasteiger partial charge in [-0.25, -0.2) is 4.99 Å². The van der Waals surface area contributed by atoms with Gasteiger partial charge < -0.3 is 4.90 Å². The number of piperazine rings is 1. The zero-order valence-electron chi connectivity index (χ0n) is 21.7. The number of carbonyl (C=O) groups excluding carboxylic acids is 2. The van der Waals surface area contributed by atoms with Crippen LogP contribution in [0.5, 0.6) is 0 Å². The summed E-state index contributed by atoms with van der Waals surface area (Å²) in [5.41, 5.74) is 2.27. The number of hydrogen-bond donors (Lipinski definition) is 0. The molecule has 2 aliphatic carbocycles. The van der Waals surface area contributed by atoms with Crippen molar-refractivity contribution >= 4 is 35.1 Å². The maximum Gasteiger partial charge on any atom is 0.233 e. The second-order valence-electron chi connectivity index (χ2n) is 11.2. The van der Waals surface area contributed by atoms with Gasteiger partial charge in [0.25, 0.3) is 0 Å². The number of unbranched alkanes of at least 4 members (excludes halogenated alkanes) is 2. The molecule has 7 rings (SSSR count). The Kier molecular flexibility index (Phi) is 6.36. The van der Waals surface area contributed by atoms with E-state index in [1.165, 1.54) is 15.4 Å². The largest absolute Gasteiger partial charge is 0.354 e. The molecule has 0 aromatic heterocycles. The van der Waals surface area contributed by atoms with Gasteiger partial charge >= 0.3 is 0 Å². The van der Waals surface area contributed by atoms with E-state index in [0.717, 1.165) is 69.9 Å². The fourth-order valence-electron chi connectivity index (χ4n) is 7.06. The minimum absolute atomic E-state index is 0.0640. The fraction of sp³-hybridized carbons (Fsp3) is 0.452. The SMILES string of the molecule is O=C1C2C(C(=O)N1CCCCCN1CCN(C3=Nc4ccccc4Sc4ccccc43)CC1)[C@@H]1C=C[C@@H]2C1. The van der Waals surface area contributed by atoms with Crippen LogP contribution in [-0.4, -0.2) is 71.6 Å². The van der Waals surface area contributed by atoms with Gasteiger partial charge in [0.1, 0.15) is 5.84 Å². The van der Waals surface area contributed by atoms with Gasteiger partial charge in [0.2, 0.25) is 11.8 Å². The summed E-state index contributed by atoms with van der Waals surface area (Å²) in [7, 11) is 0. The molecule has 196 valence electrons. The third kappa shape index (κ3) is 4.20. The number of benzene rings is 2. The van der Waals surface area contributed by atoms with Gasteiger partial charge in [0.15, 0.2) is 0 Å². The summed E-state index contributed by atoms with van der Waals surface area (Å²) >= 11 is 1.80. The van der Waals surface area contributed by atoms with Crippen LogP contribution in [0.15, 0.2) is 75.5 Å². The highest BCUT2D eigenvalue weighted by Crippen LogP contribution is 2.52. The predicted octanol–water partition coefficient (Wildman–Crippen LogP) is 4.82. The van der Waals surface area contributed by atoms with E-state index in [4.69, 9.17) is 4.99 Å². The highest BCUT2D eigenvalue weighted by molar-refractivity contribution is 7.99. The van der Waals surface area contributed by atoms with Crippen molar-refractivity contribution in [3.05, 3.63) is 66.2 Å². The summed E-state index contributed by atoms with van der Waals surface area (Å²) in [6.07, 6.45) is 8.39. The molecular weight excluding hydrogens is 492 g/mol. The molecule has 3 heterocycles. The standard InChI is InChI=1S/C31H34N4O2S/c36-30-27-21-12-13-22(20-21)28(27)31(37)35(30)15-7-1-6-14-33-16-18-34(19-17-33)29-23-8-2-4-10-25(23)38-26-11-5-3-9-24(26)32-29/h2-5,8-13,21-22,27-28H,1,6-7,14-20H2/t21-,22-,27?,28?/m1/s1. The van der Waals surface area contributed by atoms with Crippen LogP contribution >= 0.6 is 11.8 Å². The summed E-state index contributed by atoms with van der Waals surface area (Å²) in [4.78, 5) is 39.9. The molecule has 2 aromatic rings. The number of amides is 2. The molecule has 2 saturated heterocycles. The number of hydrogen-bond acceptors (Lipinski definition) is 6. The predicted molar refractivity (Wildman–Crippen MR) is 150 cm³/mol. The quantitative estimate of drug-likeness (QED) is 0.307. The molecule has 2 unspecified atom stereocenters. The molecule has 0 N–H and O–H groups in total. The Morgan fingerprint density at radius 3 is 2.18 bits per heavy atom. The Bertz CT molecular complexity index is 1280. The monoisotopic (exact) mass is 526 g/mol. The van der Waals surface area contributed by atoms with E-state index in [1.807, 2.05) is 0 Å². The number of rotatable bonds is 6. The van der Waals surface area contributed by atoms with E-state index in [2.05, 4.69) is 70.5 Å². The first-order valence-corrected chi connectivity index (χ1v) is 14.9. The fourth-order valence-corrected chi connectivity index (χ4v) is 8.08. The third-order valence-electron chi connectivity index (χ3n) is 9.03. The van der Waals surface area contributed by atoms with Gasteiger partial charge in [0, 0.05) is 48.1 Å².